The lowest BCUT2D eigenvalue weighted by Crippen LogP contribution is -2.30. The average Bonchev–Trinajstić information content (AvgIpc) is 2.86. The zero-order chi connectivity index (χ0) is 16.0. The minimum Gasteiger partial charge on any atom is -0.237 e. The van der Waals surface area contributed by atoms with Crippen molar-refractivity contribution < 1.29 is 4.57 Å². The van der Waals surface area contributed by atoms with E-state index in [1.165, 1.54) is 95.8 Å². The molecular formula is C20H39N2+. The molecule has 0 aliphatic heterocycles. The summed E-state index contributed by atoms with van der Waals surface area (Å²) in [4.78, 5) is 0. The van der Waals surface area contributed by atoms with Crippen LogP contribution < -0.4 is 4.57 Å². The Bertz CT molecular complexity index is 368. The fourth-order valence-corrected chi connectivity index (χ4v) is 3.11. The van der Waals surface area contributed by atoms with Crippen molar-refractivity contribution in [2.75, 3.05) is 0 Å². The molecule has 0 aliphatic carbocycles. The first kappa shape index (κ1) is 19.3. The Balaban J connectivity index is 2.14. The zero-order valence-electron chi connectivity index (χ0n) is 15.4. The van der Waals surface area contributed by atoms with Crippen LogP contribution >= 0.6 is 0 Å². The standard InChI is InChI=1S/C20H39N2/c1-4-6-8-10-12-14-16-21-18-20(3)22(19-21)17-15-13-11-9-7-5-2/h18-19H,4-17H2,1-3H3/q+1. The number of hydrogen-bond donors (Lipinski definition) is 0. The van der Waals surface area contributed by atoms with E-state index in [1.807, 2.05) is 0 Å². The monoisotopic (exact) mass is 307 g/mol. The number of aromatic nitrogens is 2. The van der Waals surface area contributed by atoms with E-state index >= 15 is 0 Å². The summed E-state index contributed by atoms with van der Waals surface area (Å²) in [6, 6.07) is 0. The molecule has 0 unspecified atom stereocenters. The van der Waals surface area contributed by atoms with E-state index in [2.05, 4.69) is 42.4 Å². The van der Waals surface area contributed by atoms with Crippen molar-refractivity contribution in [3.05, 3.63) is 18.2 Å². The maximum Gasteiger partial charge on any atom is 0.243 e. The molecule has 0 aromatic carbocycles. The fourth-order valence-electron chi connectivity index (χ4n) is 3.11. The Morgan fingerprint density at radius 3 is 1.95 bits per heavy atom. The smallest absolute Gasteiger partial charge is 0.237 e. The molecule has 1 heterocycles. The van der Waals surface area contributed by atoms with Gasteiger partial charge < -0.3 is 0 Å². The molecule has 2 nitrogen and oxygen atoms in total. The number of imidazole rings is 1. The van der Waals surface area contributed by atoms with Crippen molar-refractivity contribution in [1.82, 2.24) is 4.57 Å². The number of unbranched alkanes of at least 4 members (excludes halogenated alkanes) is 10. The molecule has 1 rings (SSSR count). The molecule has 22 heavy (non-hydrogen) atoms. The van der Waals surface area contributed by atoms with Crippen LogP contribution in [0, 0.1) is 6.92 Å². The summed E-state index contributed by atoms with van der Waals surface area (Å²) in [5.41, 5.74) is 1.42. The fraction of sp³-hybridized carbons (Fsp3) is 0.850. The molecule has 0 radical (unpaired) electrons. The molecule has 0 saturated carbocycles. The first-order chi connectivity index (χ1) is 10.8. The molecule has 0 atom stereocenters. The average molecular weight is 308 g/mol. The summed E-state index contributed by atoms with van der Waals surface area (Å²) in [6.45, 7) is 9.20. The van der Waals surface area contributed by atoms with Gasteiger partial charge in [-0.05, 0) is 25.7 Å². The first-order valence-electron chi connectivity index (χ1n) is 9.83. The van der Waals surface area contributed by atoms with E-state index in [0.29, 0.717) is 0 Å². The second kappa shape index (κ2) is 12.7. The normalized spacial score (nSPS) is 11.2. The predicted molar refractivity (Wildman–Crippen MR) is 96.1 cm³/mol. The first-order valence-corrected chi connectivity index (χ1v) is 9.83. The summed E-state index contributed by atoms with van der Waals surface area (Å²) in [7, 11) is 0. The minimum absolute atomic E-state index is 1.19. The molecule has 0 amide bonds. The van der Waals surface area contributed by atoms with Crippen molar-refractivity contribution >= 4 is 0 Å². The minimum atomic E-state index is 1.19. The van der Waals surface area contributed by atoms with Gasteiger partial charge in [0, 0.05) is 6.92 Å². The molecule has 0 fully saturated rings. The second-order valence-corrected chi connectivity index (χ2v) is 6.85. The molecule has 0 bridgehead atoms. The van der Waals surface area contributed by atoms with Crippen molar-refractivity contribution in [3.63, 3.8) is 0 Å². The summed E-state index contributed by atoms with van der Waals surface area (Å²) in [5, 5.41) is 0. The van der Waals surface area contributed by atoms with E-state index in [1.54, 1.807) is 0 Å². The quantitative estimate of drug-likeness (QED) is 0.303. The van der Waals surface area contributed by atoms with Crippen LogP contribution in [0.5, 0.6) is 0 Å². The number of nitrogens with zero attached hydrogens (tertiary/aromatic N) is 2. The van der Waals surface area contributed by atoms with Crippen molar-refractivity contribution in [2.24, 2.45) is 0 Å². The highest BCUT2D eigenvalue weighted by molar-refractivity contribution is 4.88. The Hall–Kier alpha value is -0.790. The zero-order valence-corrected chi connectivity index (χ0v) is 15.4. The Kier molecular flexibility index (Phi) is 11.1. The van der Waals surface area contributed by atoms with Crippen molar-refractivity contribution in [1.29, 1.82) is 0 Å². The summed E-state index contributed by atoms with van der Waals surface area (Å²) >= 11 is 0. The molecular weight excluding hydrogens is 268 g/mol. The van der Waals surface area contributed by atoms with Crippen LogP contribution in [0.3, 0.4) is 0 Å². The van der Waals surface area contributed by atoms with Gasteiger partial charge in [-0.1, -0.05) is 65.2 Å². The third-order valence-corrected chi connectivity index (χ3v) is 4.62. The molecule has 0 saturated heterocycles. The largest absolute Gasteiger partial charge is 0.243 e. The molecule has 1 aromatic heterocycles. The number of hydrogen-bond acceptors (Lipinski definition) is 0. The van der Waals surface area contributed by atoms with Gasteiger partial charge in [-0.25, -0.2) is 9.13 Å². The Morgan fingerprint density at radius 2 is 1.32 bits per heavy atom. The van der Waals surface area contributed by atoms with Gasteiger partial charge in [-0.15, -0.1) is 0 Å². The van der Waals surface area contributed by atoms with Gasteiger partial charge in [0.2, 0.25) is 6.33 Å². The van der Waals surface area contributed by atoms with E-state index < -0.39 is 0 Å². The van der Waals surface area contributed by atoms with Crippen LogP contribution in [0.25, 0.3) is 0 Å². The molecule has 2 heteroatoms. The third-order valence-electron chi connectivity index (χ3n) is 4.62. The van der Waals surface area contributed by atoms with Crippen LogP contribution in [0.4, 0.5) is 0 Å². The van der Waals surface area contributed by atoms with Crippen molar-refractivity contribution in [2.45, 2.75) is 111 Å². The van der Waals surface area contributed by atoms with Gasteiger partial charge in [0.1, 0.15) is 11.9 Å². The van der Waals surface area contributed by atoms with Crippen LogP contribution in [0.1, 0.15) is 96.6 Å². The predicted octanol–water partition coefficient (Wildman–Crippen LogP) is 5.81. The van der Waals surface area contributed by atoms with Crippen molar-refractivity contribution in [3.8, 4) is 0 Å². The lowest BCUT2D eigenvalue weighted by atomic mass is 10.1. The van der Waals surface area contributed by atoms with E-state index in [4.69, 9.17) is 0 Å². The van der Waals surface area contributed by atoms with Gasteiger partial charge in [0.25, 0.3) is 0 Å². The summed E-state index contributed by atoms with van der Waals surface area (Å²) in [5.74, 6) is 0. The molecule has 0 aliphatic rings. The lowest BCUT2D eigenvalue weighted by molar-refractivity contribution is -0.697. The van der Waals surface area contributed by atoms with Gasteiger partial charge in [-0.2, -0.15) is 0 Å². The molecule has 128 valence electrons. The maximum absolute atomic E-state index is 2.44. The van der Waals surface area contributed by atoms with Gasteiger partial charge in [0.15, 0.2) is 0 Å². The molecule has 1 aromatic rings. The van der Waals surface area contributed by atoms with E-state index in [-0.39, 0.29) is 0 Å². The van der Waals surface area contributed by atoms with E-state index in [0.717, 1.165) is 0 Å². The maximum atomic E-state index is 2.44. The summed E-state index contributed by atoms with van der Waals surface area (Å²) in [6.07, 6.45) is 21.2. The third kappa shape index (κ3) is 8.60. The molecule has 0 N–H and O–H groups in total. The Morgan fingerprint density at radius 1 is 0.773 bits per heavy atom. The lowest BCUT2D eigenvalue weighted by Gasteiger charge is -2.00. The van der Waals surface area contributed by atoms with Gasteiger partial charge in [-0.3, -0.25) is 0 Å². The highest BCUT2D eigenvalue weighted by Crippen LogP contribution is 2.08. The number of rotatable bonds is 14. The van der Waals surface area contributed by atoms with Gasteiger partial charge in [0.05, 0.1) is 13.1 Å². The highest BCUT2D eigenvalue weighted by atomic mass is 15.1. The van der Waals surface area contributed by atoms with E-state index in [9.17, 15) is 0 Å². The van der Waals surface area contributed by atoms with Gasteiger partial charge >= 0.3 is 0 Å². The topological polar surface area (TPSA) is 8.81 Å². The SMILES string of the molecule is CCCCCCCCn1c[n+](CCCCCCCC)cc1C. The molecule has 0 spiro atoms. The Labute approximate surface area is 138 Å². The van der Waals surface area contributed by atoms with Crippen LogP contribution in [-0.2, 0) is 13.1 Å². The van der Waals surface area contributed by atoms with Crippen LogP contribution in [0.2, 0.25) is 0 Å². The number of aryl methyl sites for hydroxylation is 3. The second-order valence-electron chi connectivity index (χ2n) is 6.85. The van der Waals surface area contributed by atoms with Crippen LogP contribution in [0.15, 0.2) is 12.5 Å². The van der Waals surface area contributed by atoms with Crippen LogP contribution in [-0.4, -0.2) is 4.57 Å². The summed E-state index contributed by atoms with van der Waals surface area (Å²) < 4.78 is 4.84. The highest BCUT2D eigenvalue weighted by Gasteiger charge is 2.08.